The van der Waals surface area contributed by atoms with Gasteiger partial charge in [-0.2, -0.15) is 0 Å². The molecule has 1 atom stereocenters. The van der Waals surface area contributed by atoms with Crippen LogP contribution in [0, 0.1) is 5.82 Å². The molecule has 0 aromatic heterocycles. The first kappa shape index (κ1) is 9.45. The fourth-order valence-corrected chi connectivity index (χ4v) is 1.12. The van der Waals surface area contributed by atoms with E-state index in [1.165, 1.54) is 6.07 Å². The SMILES string of the molecule is NC[C@@H](N)c1cccc(Cl)c1F. The predicted molar refractivity (Wildman–Crippen MR) is 47.4 cm³/mol. The second kappa shape index (κ2) is 3.85. The topological polar surface area (TPSA) is 52.0 Å². The third-order valence-corrected chi connectivity index (χ3v) is 1.93. The lowest BCUT2D eigenvalue weighted by Gasteiger charge is -2.10. The van der Waals surface area contributed by atoms with Crippen molar-refractivity contribution >= 4 is 11.6 Å². The summed E-state index contributed by atoms with van der Waals surface area (Å²) in [5.41, 5.74) is 11.2. The van der Waals surface area contributed by atoms with Crippen LogP contribution in [0.4, 0.5) is 4.39 Å². The standard InChI is InChI=1S/C8H10ClFN2/c9-6-3-1-2-5(8(6)10)7(12)4-11/h1-3,7H,4,11-12H2/t7-/m1/s1. The van der Waals surface area contributed by atoms with Gasteiger partial charge in [0.25, 0.3) is 0 Å². The monoisotopic (exact) mass is 188 g/mol. The van der Waals surface area contributed by atoms with E-state index < -0.39 is 11.9 Å². The van der Waals surface area contributed by atoms with Gasteiger partial charge in [0.2, 0.25) is 0 Å². The van der Waals surface area contributed by atoms with Crippen LogP contribution < -0.4 is 11.5 Å². The lowest BCUT2D eigenvalue weighted by Crippen LogP contribution is -2.21. The predicted octanol–water partition coefficient (Wildman–Crippen LogP) is 1.44. The third-order valence-electron chi connectivity index (χ3n) is 1.63. The quantitative estimate of drug-likeness (QED) is 0.738. The second-order valence-electron chi connectivity index (χ2n) is 2.49. The second-order valence-corrected chi connectivity index (χ2v) is 2.89. The molecule has 4 heteroatoms. The van der Waals surface area contributed by atoms with Crippen molar-refractivity contribution < 1.29 is 4.39 Å². The van der Waals surface area contributed by atoms with Gasteiger partial charge in [-0.1, -0.05) is 23.7 Å². The molecular formula is C8H10ClFN2. The minimum Gasteiger partial charge on any atom is -0.329 e. The number of benzene rings is 1. The first-order valence-corrected chi connectivity index (χ1v) is 3.94. The summed E-state index contributed by atoms with van der Waals surface area (Å²) in [5, 5.41) is 0.0800. The molecule has 0 amide bonds. The molecule has 1 aromatic rings. The van der Waals surface area contributed by atoms with Crippen molar-refractivity contribution in [1.82, 2.24) is 0 Å². The van der Waals surface area contributed by atoms with Gasteiger partial charge >= 0.3 is 0 Å². The van der Waals surface area contributed by atoms with E-state index >= 15 is 0 Å². The zero-order chi connectivity index (χ0) is 9.14. The molecule has 0 bridgehead atoms. The highest BCUT2D eigenvalue weighted by Gasteiger charge is 2.11. The van der Waals surface area contributed by atoms with Crippen molar-refractivity contribution in [1.29, 1.82) is 0 Å². The summed E-state index contributed by atoms with van der Waals surface area (Å²) in [4.78, 5) is 0. The van der Waals surface area contributed by atoms with E-state index in [1.807, 2.05) is 0 Å². The van der Waals surface area contributed by atoms with Crippen molar-refractivity contribution in [2.24, 2.45) is 11.5 Å². The van der Waals surface area contributed by atoms with E-state index in [0.717, 1.165) is 0 Å². The third kappa shape index (κ3) is 1.75. The Morgan fingerprint density at radius 1 is 1.50 bits per heavy atom. The summed E-state index contributed by atoms with van der Waals surface area (Å²) in [5.74, 6) is -0.475. The van der Waals surface area contributed by atoms with Crippen LogP contribution in [-0.2, 0) is 0 Å². The summed E-state index contributed by atoms with van der Waals surface area (Å²) in [6, 6.07) is 4.22. The van der Waals surface area contributed by atoms with Crippen LogP contribution in [0.25, 0.3) is 0 Å². The lowest BCUT2D eigenvalue weighted by molar-refractivity contribution is 0.584. The molecule has 0 saturated heterocycles. The van der Waals surface area contributed by atoms with E-state index in [1.54, 1.807) is 12.1 Å². The van der Waals surface area contributed by atoms with E-state index in [0.29, 0.717) is 5.56 Å². The molecule has 1 rings (SSSR count). The van der Waals surface area contributed by atoms with Gasteiger partial charge in [-0.05, 0) is 6.07 Å². The van der Waals surface area contributed by atoms with E-state index in [2.05, 4.69) is 0 Å². The first-order valence-electron chi connectivity index (χ1n) is 3.56. The summed E-state index contributed by atoms with van der Waals surface area (Å²) < 4.78 is 13.2. The van der Waals surface area contributed by atoms with Crippen LogP contribution in [-0.4, -0.2) is 6.54 Å². The van der Waals surface area contributed by atoms with E-state index in [9.17, 15) is 4.39 Å². The van der Waals surface area contributed by atoms with Crippen LogP contribution >= 0.6 is 11.6 Å². The molecule has 66 valence electrons. The molecule has 1 aromatic carbocycles. The molecule has 0 heterocycles. The Hall–Kier alpha value is -0.640. The molecule has 2 nitrogen and oxygen atoms in total. The normalized spacial score (nSPS) is 13.0. The van der Waals surface area contributed by atoms with Crippen LogP contribution in [0.15, 0.2) is 18.2 Å². The minimum absolute atomic E-state index is 0.0800. The maximum atomic E-state index is 13.2. The summed E-state index contributed by atoms with van der Waals surface area (Å²) in [6.07, 6.45) is 0. The van der Waals surface area contributed by atoms with Crippen molar-refractivity contribution in [3.8, 4) is 0 Å². The first-order chi connectivity index (χ1) is 5.66. The highest BCUT2D eigenvalue weighted by Crippen LogP contribution is 2.21. The number of rotatable bonds is 2. The Bertz CT molecular complexity index is 278. The fourth-order valence-electron chi connectivity index (χ4n) is 0.934. The highest BCUT2D eigenvalue weighted by atomic mass is 35.5. The van der Waals surface area contributed by atoms with Gasteiger partial charge in [-0.3, -0.25) is 0 Å². The van der Waals surface area contributed by atoms with Gasteiger partial charge < -0.3 is 11.5 Å². The molecule has 0 aliphatic heterocycles. The van der Waals surface area contributed by atoms with Crippen molar-refractivity contribution in [3.63, 3.8) is 0 Å². The summed E-state index contributed by atoms with van der Waals surface area (Å²) >= 11 is 5.54. The van der Waals surface area contributed by atoms with Gasteiger partial charge in [0.15, 0.2) is 0 Å². The van der Waals surface area contributed by atoms with Gasteiger partial charge in [0.1, 0.15) is 5.82 Å². The Kier molecular flexibility index (Phi) is 3.03. The Balaban J connectivity index is 3.07. The van der Waals surface area contributed by atoms with Gasteiger partial charge in [0, 0.05) is 18.2 Å². The maximum absolute atomic E-state index is 13.2. The fraction of sp³-hybridized carbons (Fsp3) is 0.250. The van der Waals surface area contributed by atoms with E-state index in [-0.39, 0.29) is 11.6 Å². The minimum atomic E-state index is -0.483. The molecule has 12 heavy (non-hydrogen) atoms. The molecule has 0 aliphatic carbocycles. The number of nitrogens with two attached hydrogens (primary N) is 2. The summed E-state index contributed by atoms with van der Waals surface area (Å²) in [7, 11) is 0. The molecule has 0 spiro atoms. The molecule has 0 fully saturated rings. The van der Waals surface area contributed by atoms with Crippen LogP contribution in [0.1, 0.15) is 11.6 Å². The Labute approximate surface area is 75.3 Å². The van der Waals surface area contributed by atoms with Crippen LogP contribution in [0.2, 0.25) is 5.02 Å². The van der Waals surface area contributed by atoms with Gasteiger partial charge in [-0.15, -0.1) is 0 Å². The van der Waals surface area contributed by atoms with Gasteiger partial charge in [0.05, 0.1) is 5.02 Å². The molecule has 4 N–H and O–H groups in total. The van der Waals surface area contributed by atoms with Crippen LogP contribution in [0.3, 0.4) is 0 Å². The Morgan fingerprint density at radius 3 is 2.75 bits per heavy atom. The smallest absolute Gasteiger partial charge is 0.146 e. The van der Waals surface area contributed by atoms with Crippen LogP contribution in [0.5, 0.6) is 0 Å². The Morgan fingerprint density at radius 2 is 2.17 bits per heavy atom. The average Bonchev–Trinajstić information content (AvgIpc) is 2.08. The highest BCUT2D eigenvalue weighted by molar-refractivity contribution is 6.30. The lowest BCUT2D eigenvalue weighted by atomic mass is 10.1. The zero-order valence-corrected chi connectivity index (χ0v) is 7.18. The van der Waals surface area contributed by atoms with Crippen molar-refractivity contribution in [2.45, 2.75) is 6.04 Å². The molecule has 0 saturated carbocycles. The number of halogens is 2. The van der Waals surface area contributed by atoms with Crippen molar-refractivity contribution in [2.75, 3.05) is 6.54 Å². The largest absolute Gasteiger partial charge is 0.329 e. The van der Waals surface area contributed by atoms with Crippen molar-refractivity contribution in [3.05, 3.63) is 34.6 Å². The van der Waals surface area contributed by atoms with E-state index in [4.69, 9.17) is 23.1 Å². The number of hydrogen-bond donors (Lipinski definition) is 2. The molecule has 0 aliphatic rings. The molecule has 0 unspecified atom stereocenters. The average molecular weight is 189 g/mol. The number of hydrogen-bond acceptors (Lipinski definition) is 2. The maximum Gasteiger partial charge on any atom is 0.146 e. The van der Waals surface area contributed by atoms with Gasteiger partial charge in [-0.25, -0.2) is 4.39 Å². The molecular weight excluding hydrogens is 179 g/mol. The summed E-state index contributed by atoms with van der Waals surface area (Å²) in [6.45, 7) is 0.206. The zero-order valence-electron chi connectivity index (χ0n) is 6.43. The molecule has 0 radical (unpaired) electrons.